The summed E-state index contributed by atoms with van der Waals surface area (Å²) < 4.78 is 0. The summed E-state index contributed by atoms with van der Waals surface area (Å²) in [5.41, 5.74) is 4.00. The van der Waals surface area contributed by atoms with Crippen molar-refractivity contribution in [3.8, 4) is 0 Å². The van der Waals surface area contributed by atoms with Gasteiger partial charge in [0.25, 0.3) is 0 Å². The standard InChI is InChI=1S/C34H30N2P/c1-28(35-36-34(29-17-7-2-8-18-29)30-19-9-3-10-20-30)27-37(31-21-11-4-12-22-31,32-23-13-5-14-24-32)33-25-15-6-16-26-33/h2-26H,27H2,1H3/q+1. The maximum atomic E-state index is 4.87. The van der Waals surface area contributed by atoms with Gasteiger partial charge in [0.05, 0.1) is 5.71 Å². The molecule has 0 spiro atoms. The first-order valence-corrected chi connectivity index (χ1v) is 14.5. The fraction of sp³-hybridized carbons (Fsp3) is 0.0588. The highest BCUT2D eigenvalue weighted by atomic mass is 31.2. The van der Waals surface area contributed by atoms with E-state index in [0.717, 1.165) is 28.7 Å². The third kappa shape index (κ3) is 5.50. The van der Waals surface area contributed by atoms with Gasteiger partial charge in [0.2, 0.25) is 0 Å². The molecule has 0 fully saturated rings. The van der Waals surface area contributed by atoms with Gasteiger partial charge in [-0.15, -0.1) is 5.10 Å². The predicted molar refractivity (Wildman–Crippen MR) is 162 cm³/mol. The molecule has 0 aliphatic carbocycles. The van der Waals surface area contributed by atoms with E-state index in [1.165, 1.54) is 15.9 Å². The lowest BCUT2D eigenvalue weighted by Crippen LogP contribution is -2.35. The normalized spacial score (nSPS) is 11.6. The molecule has 5 rings (SSSR count). The predicted octanol–water partition coefficient (Wildman–Crippen LogP) is 6.89. The largest absolute Gasteiger partial charge is 0.156 e. The van der Waals surface area contributed by atoms with Gasteiger partial charge in [-0.3, -0.25) is 0 Å². The van der Waals surface area contributed by atoms with Gasteiger partial charge in [-0.1, -0.05) is 115 Å². The van der Waals surface area contributed by atoms with E-state index in [9.17, 15) is 0 Å². The van der Waals surface area contributed by atoms with Gasteiger partial charge < -0.3 is 0 Å². The molecule has 0 atom stereocenters. The van der Waals surface area contributed by atoms with Crippen LogP contribution in [0.25, 0.3) is 0 Å². The smallest absolute Gasteiger partial charge is 0.117 e. The van der Waals surface area contributed by atoms with Crippen molar-refractivity contribution in [2.45, 2.75) is 6.92 Å². The molecular formula is C34H30N2P+. The Morgan fingerprint density at radius 1 is 0.459 bits per heavy atom. The third-order valence-electron chi connectivity index (χ3n) is 6.47. The Labute approximate surface area is 220 Å². The maximum Gasteiger partial charge on any atom is 0.117 e. The van der Waals surface area contributed by atoms with E-state index in [4.69, 9.17) is 10.2 Å². The fourth-order valence-electron chi connectivity index (χ4n) is 4.75. The van der Waals surface area contributed by atoms with Gasteiger partial charge in [-0.25, -0.2) is 0 Å². The van der Waals surface area contributed by atoms with Crippen molar-refractivity contribution >= 4 is 34.6 Å². The average Bonchev–Trinajstić information content (AvgIpc) is 2.98. The quantitative estimate of drug-likeness (QED) is 0.127. The van der Waals surface area contributed by atoms with Crippen LogP contribution in [0.15, 0.2) is 162 Å². The molecule has 0 heterocycles. The van der Waals surface area contributed by atoms with Crippen LogP contribution in [0.5, 0.6) is 0 Å². The van der Waals surface area contributed by atoms with Gasteiger partial charge in [0, 0.05) is 11.1 Å². The van der Waals surface area contributed by atoms with Gasteiger partial charge in [0.15, 0.2) is 0 Å². The van der Waals surface area contributed by atoms with E-state index >= 15 is 0 Å². The summed E-state index contributed by atoms with van der Waals surface area (Å²) in [5, 5.41) is 13.8. The zero-order valence-electron chi connectivity index (χ0n) is 21.0. The molecule has 5 aromatic carbocycles. The molecule has 0 aromatic heterocycles. The van der Waals surface area contributed by atoms with Crippen LogP contribution < -0.4 is 15.9 Å². The molecule has 0 saturated carbocycles. The molecule has 0 aliphatic rings. The molecule has 0 saturated heterocycles. The second-order valence-electron chi connectivity index (χ2n) is 8.99. The minimum Gasteiger partial charge on any atom is -0.156 e. The zero-order valence-corrected chi connectivity index (χ0v) is 21.9. The van der Waals surface area contributed by atoms with Crippen LogP contribution in [-0.2, 0) is 0 Å². The first-order chi connectivity index (χ1) is 18.3. The molecule has 2 nitrogen and oxygen atoms in total. The fourth-order valence-corrected chi connectivity index (χ4v) is 8.99. The van der Waals surface area contributed by atoms with Crippen LogP contribution in [0.3, 0.4) is 0 Å². The molecule has 180 valence electrons. The van der Waals surface area contributed by atoms with Crippen LogP contribution in [-0.4, -0.2) is 17.6 Å². The first-order valence-electron chi connectivity index (χ1n) is 12.5. The van der Waals surface area contributed by atoms with E-state index in [0.29, 0.717) is 0 Å². The number of hydrogen-bond donors (Lipinski definition) is 0. The molecule has 5 aromatic rings. The van der Waals surface area contributed by atoms with Crippen LogP contribution in [0.4, 0.5) is 0 Å². The minimum atomic E-state index is -2.01. The van der Waals surface area contributed by atoms with Crippen molar-refractivity contribution in [3.05, 3.63) is 163 Å². The highest BCUT2D eigenvalue weighted by Gasteiger charge is 2.45. The Morgan fingerprint density at radius 2 is 0.784 bits per heavy atom. The number of benzene rings is 5. The highest BCUT2D eigenvalue weighted by molar-refractivity contribution is 7.96. The monoisotopic (exact) mass is 497 g/mol. The maximum absolute atomic E-state index is 4.87. The topological polar surface area (TPSA) is 24.7 Å². The number of rotatable bonds is 8. The number of nitrogens with zero attached hydrogens (tertiary/aromatic N) is 2. The van der Waals surface area contributed by atoms with E-state index < -0.39 is 7.26 Å². The SMILES string of the molecule is CC(C[P+](c1ccccc1)(c1ccccc1)c1ccccc1)=NN=C(c1ccccc1)c1ccccc1. The Kier molecular flexibility index (Phi) is 7.79. The Balaban J connectivity index is 1.64. The average molecular weight is 498 g/mol. The van der Waals surface area contributed by atoms with E-state index in [1.807, 2.05) is 36.4 Å². The number of hydrogen-bond acceptors (Lipinski definition) is 2. The lowest BCUT2D eigenvalue weighted by Gasteiger charge is -2.27. The summed E-state index contributed by atoms with van der Waals surface area (Å²) in [6.45, 7) is 2.11. The summed E-state index contributed by atoms with van der Waals surface area (Å²) >= 11 is 0. The van der Waals surface area contributed by atoms with Gasteiger partial charge in [-0.05, 0) is 43.3 Å². The lowest BCUT2D eigenvalue weighted by atomic mass is 10.0. The van der Waals surface area contributed by atoms with Gasteiger partial charge >= 0.3 is 0 Å². The van der Waals surface area contributed by atoms with Gasteiger partial charge in [0.1, 0.15) is 35.0 Å². The molecule has 3 heteroatoms. The molecule has 0 amide bonds. The first kappa shape index (κ1) is 24.6. The van der Waals surface area contributed by atoms with Crippen molar-refractivity contribution in [2.24, 2.45) is 10.2 Å². The molecule has 0 bridgehead atoms. The summed E-state index contributed by atoms with van der Waals surface area (Å²) in [5.74, 6) is 0. The van der Waals surface area contributed by atoms with Crippen molar-refractivity contribution in [3.63, 3.8) is 0 Å². The minimum absolute atomic E-state index is 0.811. The van der Waals surface area contributed by atoms with Crippen LogP contribution in [0.1, 0.15) is 18.1 Å². The van der Waals surface area contributed by atoms with Crippen molar-refractivity contribution < 1.29 is 0 Å². The Hall–Kier alpha value is -4.13. The van der Waals surface area contributed by atoms with Crippen molar-refractivity contribution in [2.75, 3.05) is 6.16 Å². The highest BCUT2D eigenvalue weighted by Crippen LogP contribution is 2.55. The van der Waals surface area contributed by atoms with Crippen LogP contribution in [0.2, 0.25) is 0 Å². The zero-order chi connectivity index (χ0) is 25.3. The lowest BCUT2D eigenvalue weighted by molar-refractivity contribution is 1.22. The molecule has 37 heavy (non-hydrogen) atoms. The molecule has 0 N–H and O–H groups in total. The Bertz CT molecular complexity index is 1330. The second-order valence-corrected chi connectivity index (χ2v) is 12.5. The second kappa shape index (κ2) is 11.7. The van der Waals surface area contributed by atoms with E-state index in [1.54, 1.807) is 0 Å². The summed E-state index contributed by atoms with van der Waals surface area (Å²) in [7, 11) is -2.01. The molecule has 0 aliphatic heterocycles. The van der Waals surface area contributed by atoms with Crippen LogP contribution in [0, 0.1) is 0 Å². The molecule has 0 radical (unpaired) electrons. The third-order valence-corrected chi connectivity index (χ3v) is 10.9. The van der Waals surface area contributed by atoms with Crippen molar-refractivity contribution in [1.82, 2.24) is 0 Å². The van der Waals surface area contributed by atoms with E-state index in [-0.39, 0.29) is 0 Å². The summed E-state index contributed by atoms with van der Waals surface area (Å²) in [4.78, 5) is 0. The molecular weight excluding hydrogens is 467 g/mol. The summed E-state index contributed by atoms with van der Waals surface area (Å²) in [6, 6.07) is 53.3. The Morgan fingerprint density at radius 3 is 1.14 bits per heavy atom. The van der Waals surface area contributed by atoms with Crippen molar-refractivity contribution in [1.29, 1.82) is 0 Å². The van der Waals surface area contributed by atoms with E-state index in [2.05, 4.69) is 122 Å². The molecule has 0 unspecified atom stereocenters. The summed E-state index contributed by atoms with van der Waals surface area (Å²) in [6.07, 6.45) is 0.811. The van der Waals surface area contributed by atoms with Gasteiger partial charge in [-0.2, -0.15) is 5.10 Å². The van der Waals surface area contributed by atoms with Crippen LogP contribution >= 0.6 is 7.26 Å².